The van der Waals surface area contributed by atoms with Crippen LogP contribution >= 0.6 is 0 Å². The van der Waals surface area contributed by atoms with Crippen molar-refractivity contribution in [1.82, 2.24) is 0 Å². The van der Waals surface area contributed by atoms with Crippen molar-refractivity contribution in [3.63, 3.8) is 0 Å². The van der Waals surface area contributed by atoms with E-state index in [0.29, 0.717) is 0 Å². The van der Waals surface area contributed by atoms with E-state index in [-0.39, 0.29) is 19.3 Å². The second kappa shape index (κ2) is 4.25. The first-order valence-electron chi connectivity index (χ1n) is 4.33. The van der Waals surface area contributed by atoms with Gasteiger partial charge in [-0.05, 0) is 19.3 Å². The summed E-state index contributed by atoms with van der Waals surface area (Å²) in [4.78, 5) is 0. The van der Waals surface area contributed by atoms with Crippen molar-refractivity contribution >= 4 is 10.2 Å². The van der Waals surface area contributed by atoms with E-state index in [9.17, 15) is 25.5 Å². The summed E-state index contributed by atoms with van der Waals surface area (Å²) in [5.74, 6) is -1.00. The minimum atomic E-state index is -4.79. The number of ether oxygens (including phenoxy) is 1. The summed E-state index contributed by atoms with van der Waals surface area (Å²) in [6, 6.07) is 0. The molecule has 0 spiro atoms. The van der Waals surface area contributed by atoms with Gasteiger partial charge >= 0.3 is 16.4 Å². The monoisotopic (exact) mass is 250 g/mol. The maximum Gasteiger partial charge on any atom is 0.414 e. The third kappa shape index (κ3) is 4.33. The molecule has 1 fully saturated rings. The SMILES string of the molecule is O=S(=O)(F)CC1CCCC(C(F)(F)F)O1. The Morgan fingerprint density at radius 3 is 2.33 bits per heavy atom. The molecular formula is C7H10F4O3S. The first kappa shape index (κ1) is 12.7. The molecule has 0 amide bonds. The lowest BCUT2D eigenvalue weighted by Crippen LogP contribution is -2.40. The molecule has 90 valence electrons. The Labute approximate surface area is 84.6 Å². The van der Waals surface area contributed by atoms with Crippen molar-refractivity contribution in [2.24, 2.45) is 0 Å². The quantitative estimate of drug-likeness (QED) is 0.554. The van der Waals surface area contributed by atoms with Crippen LogP contribution in [-0.2, 0) is 15.0 Å². The van der Waals surface area contributed by atoms with Crippen molar-refractivity contribution < 1.29 is 30.2 Å². The number of halogens is 4. The van der Waals surface area contributed by atoms with Crippen LogP contribution in [0.5, 0.6) is 0 Å². The molecular weight excluding hydrogens is 240 g/mol. The first-order valence-corrected chi connectivity index (χ1v) is 5.88. The van der Waals surface area contributed by atoms with Crippen molar-refractivity contribution in [1.29, 1.82) is 0 Å². The van der Waals surface area contributed by atoms with Gasteiger partial charge in [-0.1, -0.05) is 0 Å². The minimum Gasteiger partial charge on any atom is -0.364 e. The molecule has 0 aromatic carbocycles. The largest absolute Gasteiger partial charge is 0.414 e. The number of rotatable bonds is 2. The molecule has 1 rings (SSSR count). The van der Waals surface area contributed by atoms with Gasteiger partial charge in [0.1, 0.15) is 5.75 Å². The molecule has 0 saturated carbocycles. The first-order chi connectivity index (χ1) is 6.68. The Morgan fingerprint density at radius 2 is 1.87 bits per heavy atom. The summed E-state index contributed by atoms with van der Waals surface area (Å²) in [5, 5.41) is 0. The summed E-state index contributed by atoms with van der Waals surface area (Å²) < 4.78 is 73.7. The zero-order valence-electron chi connectivity index (χ0n) is 7.63. The van der Waals surface area contributed by atoms with E-state index in [0.717, 1.165) is 0 Å². The average Bonchev–Trinajstić information content (AvgIpc) is 1.99. The molecule has 8 heteroatoms. The Hall–Kier alpha value is -0.370. The Morgan fingerprint density at radius 1 is 1.27 bits per heavy atom. The van der Waals surface area contributed by atoms with E-state index in [1.807, 2.05) is 0 Å². The lowest BCUT2D eigenvalue weighted by Gasteiger charge is -2.30. The Bertz CT molecular complexity index is 311. The highest BCUT2D eigenvalue weighted by Gasteiger charge is 2.44. The van der Waals surface area contributed by atoms with E-state index < -0.39 is 34.4 Å². The van der Waals surface area contributed by atoms with Crippen LogP contribution in [-0.4, -0.2) is 32.6 Å². The fourth-order valence-electron chi connectivity index (χ4n) is 1.48. The van der Waals surface area contributed by atoms with Crippen molar-refractivity contribution in [2.75, 3.05) is 5.75 Å². The van der Waals surface area contributed by atoms with Crippen molar-refractivity contribution in [3.05, 3.63) is 0 Å². The second-order valence-electron chi connectivity index (χ2n) is 3.42. The average molecular weight is 250 g/mol. The fourth-order valence-corrected chi connectivity index (χ4v) is 2.17. The lowest BCUT2D eigenvalue weighted by atomic mass is 10.0. The van der Waals surface area contributed by atoms with Gasteiger partial charge in [0.25, 0.3) is 0 Å². The molecule has 3 nitrogen and oxygen atoms in total. The highest BCUT2D eigenvalue weighted by molar-refractivity contribution is 7.86. The van der Waals surface area contributed by atoms with Gasteiger partial charge in [0.05, 0.1) is 6.10 Å². The summed E-state index contributed by atoms with van der Waals surface area (Å²) >= 11 is 0. The maximum atomic E-state index is 12.2. The van der Waals surface area contributed by atoms with Crippen LogP contribution in [0.1, 0.15) is 19.3 Å². The smallest absolute Gasteiger partial charge is 0.364 e. The molecule has 1 saturated heterocycles. The van der Waals surface area contributed by atoms with Gasteiger partial charge in [0.15, 0.2) is 6.10 Å². The predicted octanol–water partition coefficient (Wildman–Crippen LogP) is 1.79. The van der Waals surface area contributed by atoms with Gasteiger partial charge in [-0.25, -0.2) is 0 Å². The van der Waals surface area contributed by atoms with Crippen molar-refractivity contribution in [3.8, 4) is 0 Å². The molecule has 15 heavy (non-hydrogen) atoms. The van der Waals surface area contributed by atoms with Gasteiger partial charge in [-0.3, -0.25) is 0 Å². The van der Waals surface area contributed by atoms with Gasteiger partial charge in [0, 0.05) is 0 Å². The molecule has 0 bridgehead atoms. The van der Waals surface area contributed by atoms with E-state index >= 15 is 0 Å². The Balaban J connectivity index is 2.57. The standard InChI is InChI=1S/C7H10F4O3S/c8-7(9,10)6-3-1-2-5(14-6)4-15(11,12)13/h5-6H,1-4H2. The van der Waals surface area contributed by atoms with E-state index in [2.05, 4.69) is 4.74 Å². The third-order valence-electron chi connectivity index (χ3n) is 2.10. The van der Waals surface area contributed by atoms with Crippen LogP contribution in [0.15, 0.2) is 0 Å². The van der Waals surface area contributed by atoms with Crippen LogP contribution in [0.2, 0.25) is 0 Å². The van der Waals surface area contributed by atoms with Gasteiger partial charge in [-0.2, -0.15) is 21.6 Å². The molecule has 1 aliphatic rings. The second-order valence-corrected chi connectivity index (χ2v) is 4.84. The topological polar surface area (TPSA) is 43.4 Å². The molecule has 2 atom stereocenters. The molecule has 0 aliphatic carbocycles. The fraction of sp³-hybridized carbons (Fsp3) is 1.00. The zero-order chi connectivity index (χ0) is 11.7. The lowest BCUT2D eigenvalue weighted by molar-refractivity contribution is -0.242. The van der Waals surface area contributed by atoms with Crippen molar-refractivity contribution in [2.45, 2.75) is 37.6 Å². The minimum absolute atomic E-state index is 0.135. The molecule has 1 heterocycles. The molecule has 0 N–H and O–H groups in total. The molecule has 2 unspecified atom stereocenters. The molecule has 0 radical (unpaired) electrons. The predicted molar refractivity (Wildman–Crippen MR) is 43.5 cm³/mol. The summed E-state index contributed by atoms with van der Waals surface area (Å²) in [6.45, 7) is 0. The van der Waals surface area contributed by atoms with Crippen LogP contribution in [0.25, 0.3) is 0 Å². The molecule has 0 aromatic heterocycles. The van der Waals surface area contributed by atoms with Gasteiger partial charge < -0.3 is 4.74 Å². The van der Waals surface area contributed by atoms with Crippen LogP contribution in [0, 0.1) is 0 Å². The zero-order valence-corrected chi connectivity index (χ0v) is 8.44. The number of hydrogen-bond acceptors (Lipinski definition) is 3. The molecule has 1 aliphatic heterocycles. The van der Waals surface area contributed by atoms with E-state index in [4.69, 9.17) is 0 Å². The Kier molecular flexibility index (Phi) is 3.59. The summed E-state index contributed by atoms with van der Waals surface area (Å²) in [5.41, 5.74) is 0. The summed E-state index contributed by atoms with van der Waals surface area (Å²) in [7, 11) is -4.79. The van der Waals surface area contributed by atoms with Crippen LogP contribution < -0.4 is 0 Å². The number of hydrogen-bond donors (Lipinski definition) is 0. The highest BCUT2D eigenvalue weighted by atomic mass is 32.3. The molecule has 0 aromatic rings. The highest BCUT2D eigenvalue weighted by Crippen LogP contribution is 2.32. The van der Waals surface area contributed by atoms with E-state index in [1.165, 1.54) is 0 Å². The van der Waals surface area contributed by atoms with Gasteiger partial charge in [0.2, 0.25) is 0 Å². The third-order valence-corrected chi connectivity index (χ3v) is 2.87. The number of alkyl halides is 3. The van der Waals surface area contributed by atoms with Crippen LogP contribution in [0.4, 0.5) is 17.1 Å². The van der Waals surface area contributed by atoms with Gasteiger partial charge in [-0.15, -0.1) is 3.89 Å². The van der Waals surface area contributed by atoms with E-state index in [1.54, 1.807) is 0 Å². The normalized spacial score (nSPS) is 29.1. The van der Waals surface area contributed by atoms with Crippen LogP contribution in [0.3, 0.4) is 0 Å². The summed E-state index contributed by atoms with van der Waals surface area (Å²) in [6.07, 6.45) is -7.57. The maximum absolute atomic E-state index is 12.2.